The molecule has 17 heavy (non-hydrogen) atoms. The molecular formula is C12H12BrN3O. The van der Waals surface area contributed by atoms with E-state index in [-0.39, 0.29) is 11.8 Å². The summed E-state index contributed by atoms with van der Waals surface area (Å²) < 4.78 is 0.576. The second-order valence-electron chi connectivity index (χ2n) is 4.04. The topological polar surface area (TPSA) is 57.0 Å². The van der Waals surface area contributed by atoms with E-state index in [0.717, 1.165) is 12.8 Å². The highest BCUT2D eigenvalue weighted by Crippen LogP contribution is 2.20. The van der Waals surface area contributed by atoms with Gasteiger partial charge in [-0.25, -0.2) is 4.98 Å². The number of nitrogens with zero attached hydrogens (tertiary/aromatic N) is 3. The molecule has 1 aromatic rings. The molecule has 1 fully saturated rings. The number of aromatic nitrogens is 1. The zero-order valence-electron chi connectivity index (χ0n) is 9.27. The highest BCUT2D eigenvalue weighted by atomic mass is 79.9. The summed E-state index contributed by atoms with van der Waals surface area (Å²) in [5.74, 6) is 0.0813. The second-order valence-corrected chi connectivity index (χ2v) is 4.79. The van der Waals surface area contributed by atoms with Crippen molar-refractivity contribution in [2.24, 2.45) is 5.92 Å². The molecule has 88 valence electrons. The third-order valence-corrected chi connectivity index (χ3v) is 3.59. The quantitative estimate of drug-likeness (QED) is 0.746. The van der Waals surface area contributed by atoms with Crippen LogP contribution >= 0.6 is 15.9 Å². The number of rotatable bonds is 1. The summed E-state index contributed by atoms with van der Waals surface area (Å²) in [7, 11) is 0. The van der Waals surface area contributed by atoms with Gasteiger partial charge in [0, 0.05) is 25.2 Å². The van der Waals surface area contributed by atoms with E-state index in [4.69, 9.17) is 5.26 Å². The van der Waals surface area contributed by atoms with Crippen LogP contribution in [0.15, 0.2) is 22.9 Å². The van der Waals surface area contributed by atoms with E-state index in [9.17, 15) is 4.79 Å². The Balaban J connectivity index is 2.08. The van der Waals surface area contributed by atoms with Crippen LogP contribution in [0.2, 0.25) is 0 Å². The molecule has 0 aromatic carbocycles. The number of hydrogen-bond donors (Lipinski definition) is 0. The fourth-order valence-electron chi connectivity index (χ4n) is 1.93. The van der Waals surface area contributed by atoms with E-state index in [0.29, 0.717) is 23.3 Å². The minimum Gasteiger partial charge on any atom is -0.338 e. The Morgan fingerprint density at radius 2 is 2.24 bits per heavy atom. The molecule has 2 heterocycles. The summed E-state index contributed by atoms with van der Waals surface area (Å²) in [6.07, 6.45) is 3.17. The summed E-state index contributed by atoms with van der Waals surface area (Å²) in [5.41, 5.74) is 0.586. The van der Waals surface area contributed by atoms with Crippen LogP contribution in [0.1, 0.15) is 23.2 Å². The van der Waals surface area contributed by atoms with Gasteiger partial charge in [0.2, 0.25) is 0 Å². The maximum atomic E-state index is 12.2. The monoisotopic (exact) mass is 293 g/mol. The molecule has 0 radical (unpaired) electrons. The first-order valence-electron chi connectivity index (χ1n) is 5.52. The van der Waals surface area contributed by atoms with Gasteiger partial charge in [-0.15, -0.1) is 0 Å². The Morgan fingerprint density at radius 3 is 2.82 bits per heavy atom. The SMILES string of the molecule is N#CC1CCN(C(=O)c2cccnc2Br)CC1. The molecule has 0 spiro atoms. The average molecular weight is 294 g/mol. The van der Waals surface area contributed by atoms with Gasteiger partial charge in [-0.1, -0.05) is 0 Å². The zero-order valence-corrected chi connectivity index (χ0v) is 10.9. The van der Waals surface area contributed by atoms with Gasteiger partial charge < -0.3 is 4.90 Å². The molecule has 0 atom stereocenters. The minimum absolute atomic E-state index is 0.0126. The molecular weight excluding hydrogens is 282 g/mol. The number of carbonyl (C=O) groups excluding carboxylic acids is 1. The Morgan fingerprint density at radius 1 is 1.53 bits per heavy atom. The number of nitriles is 1. The molecule has 0 bridgehead atoms. The van der Waals surface area contributed by atoms with Crippen molar-refractivity contribution in [2.75, 3.05) is 13.1 Å². The van der Waals surface area contributed by atoms with E-state index in [1.807, 2.05) is 0 Å². The van der Waals surface area contributed by atoms with Crippen LogP contribution < -0.4 is 0 Å². The molecule has 0 saturated carbocycles. The van der Waals surface area contributed by atoms with Crippen molar-refractivity contribution < 1.29 is 4.79 Å². The summed E-state index contributed by atoms with van der Waals surface area (Å²) in [6.45, 7) is 1.30. The van der Waals surface area contributed by atoms with Crippen molar-refractivity contribution >= 4 is 21.8 Å². The lowest BCUT2D eigenvalue weighted by Gasteiger charge is -2.29. The first-order valence-corrected chi connectivity index (χ1v) is 6.31. The van der Waals surface area contributed by atoms with Crippen molar-refractivity contribution in [2.45, 2.75) is 12.8 Å². The Labute approximate surface area is 108 Å². The number of piperidine rings is 1. The lowest BCUT2D eigenvalue weighted by Crippen LogP contribution is -2.38. The van der Waals surface area contributed by atoms with Gasteiger partial charge in [-0.05, 0) is 40.9 Å². The number of halogens is 1. The highest BCUT2D eigenvalue weighted by Gasteiger charge is 2.24. The van der Waals surface area contributed by atoms with E-state index in [2.05, 4.69) is 27.0 Å². The van der Waals surface area contributed by atoms with Gasteiger partial charge >= 0.3 is 0 Å². The Bertz CT molecular complexity index is 461. The molecule has 1 saturated heterocycles. The summed E-state index contributed by atoms with van der Waals surface area (Å²) in [6, 6.07) is 5.76. The van der Waals surface area contributed by atoms with Crippen LogP contribution in [-0.2, 0) is 0 Å². The summed E-state index contributed by atoms with van der Waals surface area (Å²) >= 11 is 3.28. The molecule has 4 nitrogen and oxygen atoms in total. The Kier molecular flexibility index (Phi) is 3.75. The smallest absolute Gasteiger partial charge is 0.256 e. The van der Waals surface area contributed by atoms with Crippen LogP contribution in [0.4, 0.5) is 0 Å². The van der Waals surface area contributed by atoms with Gasteiger partial charge in [-0.2, -0.15) is 5.26 Å². The maximum Gasteiger partial charge on any atom is 0.256 e. The number of amides is 1. The number of likely N-dealkylation sites (tertiary alicyclic amines) is 1. The van der Waals surface area contributed by atoms with E-state index in [1.165, 1.54) is 0 Å². The third kappa shape index (κ3) is 2.64. The molecule has 1 amide bonds. The second kappa shape index (κ2) is 5.28. The number of pyridine rings is 1. The van der Waals surface area contributed by atoms with E-state index in [1.54, 1.807) is 23.2 Å². The van der Waals surface area contributed by atoms with Gasteiger partial charge in [0.05, 0.1) is 11.6 Å². The molecule has 1 aromatic heterocycles. The first-order chi connectivity index (χ1) is 8.22. The standard InChI is InChI=1S/C12H12BrN3O/c13-11-10(2-1-5-15-11)12(17)16-6-3-9(8-14)4-7-16/h1-2,5,9H,3-4,6-7H2. The fourth-order valence-corrected chi connectivity index (χ4v) is 2.35. The average Bonchev–Trinajstić information content (AvgIpc) is 2.39. The van der Waals surface area contributed by atoms with Crippen molar-refractivity contribution in [1.82, 2.24) is 9.88 Å². The minimum atomic E-state index is -0.0126. The highest BCUT2D eigenvalue weighted by molar-refractivity contribution is 9.10. The summed E-state index contributed by atoms with van der Waals surface area (Å²) in [5, 5.41) is 8.81. The zero-order chi connectivity index (χ0) is 12.3. The lowest BCUT2D eigenvalue weighted by atomic mass is 9.98. The van der Waals surface area contributed by atoms with Crippen LogP contribution in [0.3, 0.4) is 0 Å². The van der Waals surface area contributed by atoms with Gasteiger partial charge in [0.15, 0.2) is 0 Å². The molecule has 1 aliphatic rings. The van der Waals surface area contributed by atoms with Gasteiger partial charge in [0.1, 0.15) is 4.60 Å². The predicted octanol–water partition coefficient (Wildman–Crippen LogP) is 2.22. The molecule has 0 unspecified atom stereocenters. The van der Waals surface area contributed by atoms with Crippen LogP contribution in [-0.4, -0.2) is 28.9 Å². The molecule has 0 aliphatic carbocycles. The van der Waals surface area contributed by atoms with E-state index >= 15 is 0 Å². The normalized spacial score (nSPS) is 16.6. The van der Waals surface area contributed by atoms with Crippen LogP contribution in [0.5, 0.6) is 0 Å². The van der Waals surface area contributed by atoms with Crippen molar-refractivity contribution in [3.05, 3.63) is 28.5 Å². The van der Waals surface area contributed by atoms with Gasteiger partial charge in [0.25, 0.3) is 5.91 Å². The largest absolute Gasteiger partial charge is 0.338 e. The van der Waals surface area contributed by atoms with Crippen molar-refractivity contribution in [1.29, 1.82) is 5.26 Å². The predicted molar refractivity (Wildman–Crippen MR) is 66.2 cm³/mol. The third-order valence-electron chi connectivity index (χ3n) is 2.95. The van der Waals surface area contributed by atoms with Crippen molar-refractivity contribution in [3.8, 4) is 6.07 Å². The van der Waals surface area contributed by atoms with Crippen LogP contribution in [0.25, 0.3) is 0 Å². The van der Waals surface area contributed by atoms with Crippen molar-refractivity contribution in [3.63, 3.8) is 0 Å². The van der Waals surface area contributed by atoms with E-state index < -0.39 is 0 Å². The van der Waals surface area contributed by atoms with Gasteiger partial charge in [-0.3, -0.25) is 4.79 Å². The molecule has 5 heteroatoms. The number of hydrogen-bond acceptors (Lipinski definition) is 3. The maximum absolute atomic E-state index is 12.2. The lowest BCUT2D eigenvalue weighted by molar-refractivity contribution is 0.0706. The van der Waals surface area contributed by atoms with Crippen LogP contribution in [0, 0.1) is 17.2 Å². The fraction of sp³-hybridized carbons (Fsp3) is 0.417. The summed E-state index contributed by atoms with van der Waals surface area (Å²) in [4.78, 5) is 18.0. The molecule has 2 rings (SSSR count). The molecule has 1 aliphatic heterocycles. The Hall–Kier alpha value is -1.41. The first kappa shape index (κ1) is 12.1. The number of carbonyl (C=O) groups is 1. The molecule has 0 N–H and O–H groups in total.